The van der Waals surface area contributed by atoms with Crippen molar-refractivity contribution in [3.8, 4) is 44.5 Å². The van der Waals surface area contributed by atoms with Crippen molar-refractivity contribution in [1.82, 2.24) is 0 Å². The number of rotatable bonds is 10. The first-order valence-electron chi connectivity index (χ1n) is 17.1. The molecule has 0 spiro atoms. The Morgan fingerprint density at radius 1 is 0.326 bits per heavy atom. The van der Waals surface area contributed by atoms with Crippen molar-refractivity contribution in [2.75, 3.05) is 0 Å². The zero-order valence-electron chi connectivity index (χ0n) is 27.1. The van der Waals surface area contributed by atoms with Gasteiger partial charge in [-0.25, -0.2) is 0 Å². The molecule has 0 heteroatoms. The second-order valence-corrected chi connectivity index (χ2v) is 12.6. The Morgan fingerprint density at radius 3 is 1.07 bits per heavy atom. The Morgan fingerprint density at radius 2 is 0.696 bits per heavy atom. The van der Waals surface area contributed by atoms with Gasteiger partial charge in [-0.1, -0.05) is 160 Å². The van der Waals surface area contributed by atoms with E-state index < -0.39 is 0 Å². The molecular weight excluding hydrogens is 553 g/mol. The van der Waals surface area contributed by atoms with Crippen LogP contribution in [0.4, 0.5) is 0 Å². The van der Waals surface area contributed by atoms with Crippen molar-refractivity contribution < 1.29 is 0 Å². The van der Waals surface area contributed by atoms with E-state index >= 15 is 0 Å². The summed E-state index contributed by atoms with van der Waals surface area (Å²) in [6.45, 7) is 4.52. The third-order valence-electron chi connectivity index (χ3n) is 9.45. The van der Waals surface area contributed by atoms with Crippen LogP contribution in [0.2, 0.25) is 0 Å². The Labute approximate surface area is 274 Å². The van der Waals surface area contributed by atoms with Gasteiger partial charge in [-0.2, -0.15) is 0 Å². The van der Waals surface area contributed by atoms with Crippen LogP contribution in [0.1, 0.15) is 50.7 Å². The summed E-state index contributed by atoms with van der Waals surface area (Å²) in [7, 11) is 0. The predicted molar refractivity (Wildman–Crippen MR) is 200 cm³/mol. The zero-order chi connectivity index (χ0) is 31.3. The zero-order valence-corrected chi connectivity index (χ0v) is 27.1. The van der Waals surface area contributed by atoms with Crippen LogP contribution in [0.5, 0.6) is 0 Å². The highest BCUT2D eigenvalue weighted by molar-refractivity contribution is 6.22. The minimum atomic E-state index is 1.14. The first kappa shape index (κ1) is 29.8. The molecule has 0 aliphatic heterocycles. The summed E-state index contributed by atoms with van der Waals surface area (Å²) in [5.41, 5.74) is 13.0. The maximum Gasteiger partial charge on any atom is -0.00261 e. The van der Waals surface area contributed by atoms with Gasteiger partial charge in [-0.15, -0.1) is 0 Å². The topological polar surface area (TPSA) is 0 Å². The molecule has 0 heterocycles. The molecule has 0 atom stereocenters. The maximum absolute atomic E-state index is 2.42. The number of fused-ring (bicyclic) bond motifs is 2. The average molecular weight is 595 g/mol. The van der Waals surface area contributed by atoms with Gasteiger partial charge in [0.15, 0.2) is 0 Å². The first-order valence-corrected chi connectivity index (χ1v) is 17.1. The van der Waals surface area contributed by atoms with E-state index in [1.165, 1.54) is 103 Å². The molecule has 0 saturated carbocycles. The summed E-state index contributed by atoms with van der Waals surface area (Å²) in [6.07, 6.45) is 7.20. The molecule has 0 unspecified atom stereocenters. The number of benzene rings is 7. The van der Waals surface area contributed by atoms with E-state index in [2.05, 4.69) is 159 Å². The number of hydrogen-bond donors (Lipinski definition) is 0. The highest BCUT2D eigenvalue weighted by atomic mass is 14.2. The highest BCUT2D eigenvalue weighted by Crippen LogP contribution is 2.45. The van der Waals surface area contributed by atoms with Gasteiger partial charge in [0, 0.05) is 0 Å². The lowest BCUT2D eigenvalue weighted by Crippen LogP contribution is -1.93. The van der Waals surface area contributed by atoms with Gasteiger partial charge < -0.3 is 0 Å². The summed E-state index contributed by atoms with van der Waals surface area (Å²) in [6, 6.07) is 54.5. The monoisotopic (exact) mass is 594 g/mol. The van der Waals surface area contributed by atoms with E-state index in [1.54, 1.807) is 0 Å². The Kier molecular flexibility index (Phi) is 8.79. The third kappa shape index (κ3) is 6.01. The lowest BCUT2D eigenvalue weighted by atomic mass is 9.84. The predicted octanol–water partition coefficient (Wildman–Crippen LogP) is 13.3. The Balaban J connectivity index is 1.47. The maximum atomic E-state index is 2.42. The molecular formula is C46H42. The summed E-state index contributed by atoms with van der Waals surface area (Å²) < 4.78 is 0. The van der Waals surface area contributed by atoms with Crippen molar-refractivity contribution in [1.29, 1.82) is 0 Å². The molecule has 0 aliphatic carbocycles. The van der Waals surface area contributed by atoms with Crippen molar-refractivity contribution in [2.24, 2.45) is 0 Å². The van der Waals surface area contributed by atoms with Crippen molar-refractivity contribution in [3.63, 3.8) is 0 Å². The third-order valence-corrected chi connectivity index (χ3v) is 9.45. The number of aryl methyl sites for hydroxylation is 2. The average Bonchev–Trinajstić information content (AvgIpc) is 3.12. The SMILES string of the molecule is CCCCc1ccc(-c2ccc3c(-c4ccccc4)c4cc(-c5ccc(CCCC)cc5)ccc4c(-c4ccccc4)c3c2)cc1. The normalized spacial score (nSPS) is 11.3. The van der Waals surface area contributed by atoms with Gasteiger partial charge in [0.2, 0.25) is 0 Å². The molecule has 0 amide bonds. The smallest absolute Gasteiger partial charge is 0.00261 e. The molecule has 0 fully saturated rings. The lowest BCUT2D eigenvalue weighted by Gasteiger charge is -2.20. The van der Waals surface area contributed by atoms with Crippen molar-refractivity contribution >= 4 is 21.5 Å². The number of unbranched alkanes of at least 4 members (excludes halogenated alkanes) is 2. The largest absolute Gasteiger partial charge is 0.0654 e. The molecule has 0 N–H and O–H groups in total. The molecule has 0 aromatic heterocycles. The second kappa shape index (κ2) is 13.6. The van der Waals surface area contributed by atoms with Crippen LogP contribution < -0.4 is 0 Å². The second-order valence-electron chi connectivity index (χ2n) is 12.6. The van der Waals surface area contributed by atoms with Gasteiger partial charge in [0.25, 0.3) is 0 Å². The van der Waals surface area contributed by atoms with E-state index in [0.29, 0.717) is 0 Å². The summed E-state index contributed by atoms with van der Waals surface area (Å²) in [5.74, 6) is 0. The summed E-state index contributed by atoms with van der Waals surface area (Å²) >= 11 is 0. The van der Waals surface area contributed by atoms with Crippen LogP contribution in [0.15, 0.2) is 146 Å². The molecule has 7 rings (SSSR count). The number of hydrogen-bond acceptors (Lipinski definition) is 0. The summed E-state index contributed by atoms with van der Waals surface area (Å²) in [5, 5.41) is 5.15. The fourth-order valence-corrected chi connectivity index (χ4v) is 6.91. The molecule has 0 saturated heterocycles. The lowest BCUT2D eigenvalue weighted by molar-refractivity contribution is 0.795. The van der Waals surface area contributed by atoms with E-state index in [-0.39, 0.29) is 0 Å². The molecule has 0 nitrogen and oxygen atoms in total. The Hall–Kier alpha value is -4.94. The minimum absolute atomic E-state index is 1.14. The van der Waals surface area contributed by atoms with E-state index in [0.717, 1.165) is 12.8 Å². The molecule has 7 aromatic rings. The molecule has 0 aliphatic rings. The fourth-order valence-electron chi connectivity index (χ4n) is 6.91. The molecule has 46 heavy (non-hydrogen) atoms. The minimum Gasteiger partial charge on any atom is -0.0654 e. The van der Waals surface area contributed by atoms with Crippen LogP contribution in [0.25, 0.3) is 66.1 Å². The van der Waals surface area contributed by atoms with Crippen LogP contribution in [0, 0.1) is 0 Å². The van der Waals surface area contributed by atoms with Gasteiger partial charge in [-0.3, -0.25) is 0 Å². The van der Waals surface area contributed by atoms with Gasteiger partial charge in [-0.05, 0) is 115 Å². The van der Waals surface area contributed by atoms with Gasteiger partial charge >= 0.3 is 0 Å². The van der Waals surface area contributed by atoms with E-state index in [4.69, 9.17) is 0 Å². The summed E-state index contributed by atoms with van der Waals surface area (Å²) in [4.78, 5) is 0. The van der Waals surface area contributed by atoms with Crippen molar-refractivity contribution in [3.05, 3.63) is 157 Å². The van der Waals surface area contributed by atoms with Crippen LogP contribution >= 0.6 is 0 Å². The van der Waals surface area contributed by atoms with Crippen molar-refractivity contribution in [2.45, 2.75) is 52.4 Å². The van der Waals surface area contributed by atoms with Crippen LogP contribution in [0.3, 0.4) is 0 Å². The molecule has 226 valence electrons. The standard InChI is InChI=1S/C46H42/c1-3-5-13-33-19-23-35(24-20-33)39-27-29-41-43(31-39)45(37-15-9-7-10-16-37)42-30-28-40(36-25-21-34(22-26-36)14-6-4-2)32-44(42)46(41)38-17-11-8-12-18-38/h7-12,15-32H,3-6,13-14H2,1-2H3. The Bertz CT molecular complexity index is 1910. The van der Waals surface area contributed by atoms with Crippen LogP contribution in [-0.4, -0.2) is 0 Å². The molecule has 0 bridgehead atoms. The van der Waals surface area contributed by atoms with E-state index in [9.17, 15) is 0 Å². The molecule has 7 aromatic carbocycles. The van der Waals surface area contributed by atoms with Gasteiger partial charge in [0.05, 0.1) is 0 Å². The fraction of sp³-hybridized carbons (Fsp3) is 0.174. The highest BCUT2D eigenvalue weighted by Gasteiger charge is 2.18. The van der Waals surface area contributed by atoms with E-state index in [1.807, 2.05) is 0 Å². The molecule has 0 radical (unpaired) electrons. The first-order chi connectivity index (χ1) is 22.7. The quantitative estimate of drug-likeness (QED) is 0.138. The van der Waals surface area contributed by atoms with Gasteiger partial charge in [0.1, 0.15) is 0 Å². The van der Waals surface area contributed by atoms with Crippen LogP contribution in [-0.2, 0) is 12.8 Å².